The molecule has 0 spiro atoms. The van der Waals surface area contributed by atoms with Gasteiger partial charge in [-0.3, -0.25) is 14.5 Å². The first-order valence-electron chi connectivity index (χ1n) is 8.65. The number of carbonyl (C=O) groups excluding carboxylic acids is 2. The molecule has 2 aromatic rings. The summed E-state index contributed by atoms with van der Waals surface area (Å²) >= 11 is 0. The van der Waals surface area contributed by atoms with Gasteiger partial charge in [0.15, 0.2) is 0 Å². The monoisotopic (exact) mass is 437 g/mol. The molecule has 1 aliphatic heterocycles. The van der Waals surface area contributed by atoms with E-state index < -0.39 is 20.0 Å². The molecule has 0 atom stereocenters. The Labute approximate surface area is 168 Å². The number of piperidine rings is 1. The summed E-state index contributed by atoms with van der Waals surface area (Å²) in [5.41, 5.74) is 0.874. The van der Waals surface area contributed by atoms with E-state index in [0.29, 0.717) is 17.7 Å². The minimum absolute atomic E-state index is 0.0284. The number of benzene rings is 2. The first kappa shape index (κ1) is 21.1. The lowest BCUT2D eigenvalue weighted by Gasteiger charge is -2.24. The van der Waals surface area contributed by atoms with Gasteiger partial charge in [-0.2, -0.15) is 0 Å². The molecule has 0 saturated carbocycles. The van der Waals surface area contributed by atoms with Crippen LogP contribution in [-0.2, 0) is 36.2 Å². The van der Waals surface area contributed by atoms with Crippen LogP contribution in [0.1, 0.15) is 24.8 Å². The van der Waals surface area contributed by atoms with Crippen LogP contribution in [0.4, 0.5) is 5.69 Å². The van der Waals surface area contributed by atoms with Crippen molar-refractivity contribution in [2.24, 2.45) is 5.14 Å². The van der Waals surface area contributed by atoms with Gasteiger partial charge >= 0.3 is 0 Å². The Morgan fingerprint density at radius 1 is 0.828 bits per heavy atom. The summed E-state index contributed by atoms with van der Waals surface area (Å²) in [6.07, 6.45) is 1.07. The average Bonchev–Trinajstić information content (AvgIpc) is 2.66. The molecule has 154 valence electrons. The normalized spacial score (nSPS) is 15.6. The number of primary sulfonamides is 1. The molecule has 1 fully saturated rings. The zero-order chi connectivity index (χ0) is 21.2. The quantitative estimate of drug-likeness (QED) is 0.641. The molecule has 0 unspecified atom stereocenters. The molecule has 0 radical (unpaired) electrons. The predicted octanol–water partition coefficient (Wildman–Crippen LogP) is 0.856. The van der Waals surface area contributed by atoms with Crippen LogP contribution < -0.4 is 14.8 Å². The number of nitrogens with one attached hydrogen (secondary N) is 1. The number of hydrogen-bond donors (Lipinski definition) is 2. The lowest BCUT2D eigenvalue weighted by atomic mass is 10.1. The van der Waals surface area contributed by atoms with Gasteiger partial charge in [0, 0.05) is 19.4 Å². The molecule has 11 heteroatoms. The van der Waals surface area contributed by atoms with Crippen molar-refractivity contribution in [2.45, 2.75) is 35.6 Å². The third-order valence-corrected chi connectivity index (χ3v) is 6.75. The summed E-state index contributed by atoms with van der Waals surface area (Å²) in [5.74, 6) is -0.615. The molecule has 0 aliphatic carbocycles. The molecule has 1 saturated heterocycles. The lowest BCUT2D eigenvalue weighted by Crippen LogP contribution is -2.40. The zero-order valence-corrected chi connectivity index (χ0v) is 16.9. The molecule has 1 aliphatic rings. The highest BCUT2D eigenvalue weighted by atomic mass is 32.2. The van der Waals surface area contributed by atoms with E-state index in [1.807, 2.05) is 0 Å². The first-order valence-corrected chi connectivity index (χ1v) is 11.7. The average molecular weight is 437 g/mol. The van der Waals surface area contributed by atoms with Crippen molar-refractivity contribution >= 4 is 37.5 Å². The topological polar surface area (TPSA) is 144 Å². The number of nitrogens with two attached hydrogens (primary N) is 1. The van der Waals surface area contributed by atoms with Gasteiger partial charge in [0.1, 0.15) is 0 Å². The van der Waals surface area contributed by atoms with Gasteiger partial charge in [-0.05, 0) is 48.4 Å². The van der Waals surface area contributed by atoms with Gasteiger partial charge in [-0.15, -0.1) is 0 Å². The summed E-state index contributed by atoms with van der Waals surface area (Å²) in [7, 11) is -7.67. The predicted molar refractivity (Wildman–Crippen MR) is 105 cm³/mol. The Kier molecular flexibility index (Phi) is 5.85. The van der Waals surface area contributed by atoms with Crippen molar-refractivity contribution in [1.29, 1.82) is 0 Å². The fourth-order valence-corrected chi connectivity index (χ4v) is 4.41. The number of carbonyl (C=O) groups is 2. The second-order valence-corrected chi connectivity index (χ2v) is 9.81. The maximum absolute atomic E-state index is 12.5. The van der Waals surface area contributed by atoms with Gasteiger partial charge in [0.05, 0.1) is 15.5 Å². The van der Waals surface area contributed by atoms with E-state index in [1.165, 1.54) is 48.5 Å². The van der Waals surface area contributed by atoms with Crippen LogP contribution >= 0.6 is 0 Å². The van der Waals surface area contributed by atoms with Crippen molar-refractivity contribution in [3.8, 4) is 0 Å². The highest BCUT2D eigenvalue weighted by Gasteiger charge is 2.27. The van der Waals surface area contributed by atoms with Crippen LogP contribution in [0.15, 0.2) is 58.3 Å². The van der Waals surface area contributed by atoms with E-state index >= 15 is 0 Å². The molecule has 2 amide bonds. The zero-order valence-electron chi connectivity index (χ0n) is 15.2. The van der Waals surface area contributed by atoms with E-state index in [4.69, 9.17) is 5.14 Å². The number of nitrogens with zero attached hydrogens (tertiary/aromatic N) is 1. The minimum Gasteiger partial charge on any atom is -0.274 e. The van der Waals surface area contributed by atoms with E-state index in [9.17, 15) is 26.4 Å². The molecule has 2 aromatic carbocycles. The van der Waals surface area contributed by atoms with Crippen LogP contribution in [0, 0.1) is 0 Å². The van der Waals surface area contributed by atoms with E-state index in [2.05, 4.69) is 4.72 Å². The third-order valence-electron chi connectivity index (χ3n) is 4.40. The van der Waals surface area contributed by atoms with Crippen LogP contribution in [0.25, 0.3) is 0 Å². The van der Waals surface area contributed by atoms with Crippen molar-refractivity contribution in [3.63, 3.8) is 0 Å². The summed E-state index contributed by atoms with van der Waals surface area (Å²) in [4.78, 5) is 24.9. The highest BCUT2D eigenvalue weighted by molar-refractivity contribution is 7.89. The molecule has 3 N–H and O–H groups in total. The fourth-order valence-electron chi connectivity index (χ4n) is 2.87. The molecule has 9 nitrogen and oxygen atoms in total. The molecule has 0 bridgehead atoms. The van der Waals surface area contributed by atoms with Crippen LogP contribution in [0.5, 0.6) is 0 Å². The highest BCUT2D eigenvalue weighted by Crippen LogP contribution is 2.23. The van der Waals surface area contributed by atoms with Crippen LogP contribution in [0.3, 0.4) is 0 Å². The van der Waals surface area contributed by atoms with Gasteiger partial charge in [-0.25, -0.2) is 26.7 Å². The van der Waals surface area contributed by atoms with Crippen LogP contribution in [0.2, 0.25) is 0 Å². The largest absolute Gasteiger partial charge is 0.274 e. The smallest absolute Gasteiger partial charge is 0.240 e. The Hall–Kier alpha value is -2.60. The fraction of sp³-hybridized carbons (Fsp3) is 0.222. The molecule has 29 heavy (non-hydrogen) atoms. The minimum atomic E-state index is -3.85. The van der Waals surface area contributed by atoms with Gasteiger partial charge in [-0.1, -0.05) is 12.1 Å². The first-order chi connectivity index (χ1) is 13.6. The molecule has 1 heterocycles. The van der Waals surface area contributed by atoms with Crippen molar-refractivity contribution in [3.05, 3.63) is 54.1 Å². The molecule has 3 rings (SSSR count). The SMILES string of the molecule is NS(=O)(=O)c1ccc(CNS(=O)(=O)c2ccc(N3C(=O)CCCC3=O)cc2)cc1. The Bertz CT molecular complexity index is 1130. The summed E-state index contributed by atoms with van der Waals surface area (Å²) in [6.45, 7) is -0.0575. The molecule has 0 aromatic heterocycles. The van der Waals surface area contributed by atoms with Gasteiger partial charge in [0.2, 0.25) is 31.9 Å². The summed E-state index contributed by atoms with van der Waals surface area (Å²) in [6, 6.07) is 11.0. The van der Waals surface area contributed by atoms with Crippen molar-refractivity contribution in [2.75, 3.05) is 4.90 Å². The van der Waals surface area contributed by atoms with E-state index in [1.54, 1.807) is 0 Å². The number of rotatable bonds is 6. The number of anilines is 1. The van der Waals surface area contributed by atoms with E-state index in [-0.39, 0.29) is 41.0 Å². The van der Waals surface area contributed by atoms with Crippen molar-refractivity contribution in [1.82, 2.24) is 4.72 Å². The Balaban J connectivity index is 1.71. The number of hydrogen-bond acceptors (Lipinski definition) is 6. The summed E-state index contributed by atoms with van der Waals surface area (Å²) < 4.78 is 49.9. The van der Waals surface area contributed by atoms with Gasteiger partial charge < -0.3 is 0 Å². The number of sulfonamides is 2. The number of amides is 2. The second kappa shape index (κ2) is 8.03. The molecular formula is C18H19N3O6S2. The number of imide groups is 1. The Morgan fingerprint density at radius 2 is 1.34 bits per heavy atom. The third kappa shape index (κ3) is 4.88. The van der Waals surface area contributed by atoms with Crippen molar-refractivity contribution < 1.29 is 26.4 Å². The standard InChI is InChI=1S/C18H19N3O6S2/c19-28(24,25)15-8-4-13(5-9-15)12-20-29(26,27)16-10-6-14(7-11-16)21-17(22)2-1-3-18(21)23/h4-11,20H,1-3,12H2,(H2,19,24,25). The molecular weight excluding hydrogens is 418 g/mol. The Morgan fingerprint density at radius 3 is 1.86 bits per heavy atom. The maximum atomic E-state index is 12.5. The summed E-state index contributed by atoms with van der Waals surface area (Å²) in [5, 5.41) is 5.02. The maximum Gasteiger partial charge on any atom is 0.240 e. The van der Waals surface area contributed by atoms with Gasteiger partial charge in [0.25, 0.3) is 0 Å². The lowest BCUT2D eigenvalue weighted by molar-refractivity contribution is -0.129. The van der Waals surface area contributed by atoms with Crippen LogP contribution in [-0.4, -0.2) is 28.6 Å². The second-order valence-electron chi connectivity index (χ2n) is 6.48. The van der Waals surface area contributed by atoms with E-state index in [0.717, 1.165) is 4.90 Å².